The molecule has 0 saturated carbocycles. The Labute approximate surface area is 100 Å². The minimum absolute atomic E-state index is 0.0756. The van der Waals surface area contributed by atoms with Gasteiger partial charge >= 0.3 is 0 Å². The Kier molecular flexibility index (Phi) is 3.87. The van der Waals surface area contributed by atoms with E-state index in [2.05, 4.69) is 25.9 Å². The second kappa shape index (κ2) is 5.58. The normalized spacial score (nSPS) is 19.0. The highest BCUT2D eigenvalue weighted by Gasteiger charge is 2.17. The first-order chi connectivity index (χ1) is 8.29. The van der Waals surface area contributed by atoms with Crippen molar-refractivity contribution in [2.75, 3.05) is 25.5 Å². The molecule has 92 valence electrons. The minimum Gasteiger partial charge on any atom is -0.360 e. The van der Waals surface area contributed by atoms with Crippen molar-refractivity contribution in [2.24, 2.45) is 0 Å². The summed E-state index contributed by atoms with van der Waals surface area (Å²) in [6.45, 7) is 1.26. The maximum Gasteiger partial charge on any atom is 0.239 e. The van der Waals surface area contributed by atoms with Crippen molar-refractivity contribution in [2.45, 2.75) is 18.9 Å². The molecule has 6 nitrogen and oxygen atoms in total. The predicted octanol–water partition coefficient (Wildman–Crippen LogP) is 0.0590. The van der Waals surface area contributed by atoms with Crippen LogP contribution in [0.4, 0.5) is 5.82 Å². The zero-order valence-electron chi connectivity index (χ0n) is 9.86. The van der Waals surface area contributed by atoms with Crippen molar-refractivity contribution >= 4 is 11.7 Å². The molecule has 1 amide bonds. The summed E-state index contributed by atoms with van der Waals surface area (Å²) in [6.07, 6.45) is 5.72. The van der Waals surface area contributed by atoms with E-state index in [1.165, 1.54) is 6.42 Å². The van der Waals surface area contributed by atoms with Gasteiger partial charge in [-0.3, -0.25) is 9.78 Å². The zero-order chi connectivity index (χ0) is 12.1. The van der Waals surface area contributed by atoms with Crippen molar-refractivity contribution in [3.63, 3.8) is 0 Å². The molecule has 0 bridgehead atoms. The van der Waals surface area contributed by atoms with E-state index in [0.29, 0.717) is 11.9 Å². The molecule has 1 aromatic rings. The average Bonchev–Trinajstić information content (AvgIpc) is 2.90. The number of aromatic nitrogens is 2. The van der Waals surface area contributed by atoms with Gasteiger partial charge in [0.2, 0.25) is 5.91 Å². The van der Waals surface area contributed by atoms with Crippen molar-refractivity contribution in [1.82, 2.24) is 20.6 Å². The number of likely N-dealkylation sites (N-methyl/N-ethyl adjacent to an activating group) is 1. The number of nitrogens with zero attached hydrogens (tertiary/aromatic N) is 2. The standard InChI is InChI=1S/C11H17N5O/c1-12-11(17)7-16-10-6-14-9(5-15-10)8-3-2-4-13-8/h5-6,8,13H,2-4,7H2,1H3,(H,12,17)(H,15,16). The van der Waals surface area contributed by atoms with Crippen molar-refractivity contribution in [3.8, 4) is 0 Å². The second-order valence-corrected chi connectivity index (χ2v) is 4.00. The predicted molar refractivity (Wildman–Crippen MR) is 64.6 cm³/mol. The molecular weight excluding hydrogens is 218 g/mol. The number of hydrogen-bond acceptors (Lipinski definition) is 5. The fraction of sp³-hybridized carbons (Fsp3) is 0.545. The lowest BCUT2D eigenvalue weighted by Crippen LogP contribution is -2.26. The molecule has 1 aromatic heterocycles. The monoisotopic (exact) mass is 235 g/mol. The molecule has 0 aromatic carbocycles. The maximum atomic E-state index is 11.0. The molecule has 6 heteroatoms. The first-order valence-electron chi connectivity index (χ1n) is 5.79. The van der Waals surface area contributed by atoms with Gasteiger partial charge in [-0.25, -0.2) is 4.98 Å². The molecule has 0 aliphatic carbocycles. The fourth-order valence-electron chi connectivity index (χ4n) is 1.81. The molecule has 1 unspecified atom stereocenters. The highest BCUT2D eigenvalue weighted by atomic mass is 16.1. The highest BCUT2D eigenvalue weighted by molar-refractivity contribution is 5.79. The fourth-order valence-corrected chi connectivity index (χ4v) is 1.81. The van der Waals surface area contributed by atoms with Crippen LogP contribution in [-0.4, -0.2) is 36.0 Å². The van der Waals surface area contributed by atoms with Gasteiger partial charge in [0.15, 0.2) is 0 Å². The van der Waals surface area contributed by atoms with Crippen LogP contribution >= 0.6 is 0 Å². The van der Waals surface area contributed by atoms with E-state index in [0.717, 1.165) is 18.7 Å². The molecule has 1 saturated heterocycles. The number of anilines is 1. The van der Waals surface area contributed by atoms with E-state index >= 15 is 0 Å². The van der Waals surface area contributed by atoms with Gasteiger partial charge in [0.1, 0.15) is 5.82 Å². The van der Waals surface area contributed by atoms with Crippen LogP contribution in [-0.2, 0) is 4.79 Å². The third-order valence-electron chi connectivity index (χ3n) is 2.80. The minimum atomic E-state index is -0.0756. The molecule has 1 atom stereocenters. The molecule has 1 fully saturated rings. The third kappa shape index (κ3) is 3.13. The van der Waals surface area contributed by atoms with Crippen LogP contribution in [0, 0.1) is 0 Å². The van der Waals surface area contributed by atoms with Crippen molar-refractivity contribution in [1.29, 1.82) is 0 Å². The van der Waals surface area contributed by atoms with Crippen LogP contribution in [0.15, 0.2) is 12.4 Å². The summed E-state index contributed by atoms with van der Waals surface area (Å²) in [5.74, 6) is 0.545. The molecular formula is C11H17N5O. The number of nitrogens with one attached hydrogen (secondary N) is 3. The molecule has 17 heavy (non-hydrogen) atoms. The van der Waals surface area contributed by atoms with Gasteiger partial charge in [0.25, 0.3) is 0 Å². The van der Waals surface area contributed by atoms with Gasteiger partial charge in [-0.15, -0.1) is 0 Å². The number of carbonyl (C=O) groups excluding carboxylic acids is 1. The Morgan fingerprint density at radius 1 is 1.53 bits per heavy atom. The summed E-state index contributed by atoms with van der Waals surface area (Å²) in [5.41, 5.74) is 0.966. The molecule has 2 rings (SSSR count). The van der Waals surface area contributed by atoms with Gasteiger partial charge in [-0.2, -0.15) is 0 Å². The maximum absolute atomic E-state index is 11.0. The van der Waals surface area contributed by atoms with E-state index in [-0.39, 0.29) is 12.5 Å². The molecule has 0 spiro atoms. The molecule has 1 aliphatic rings. The van der Waals surface area contributed by atoms with Gasteiger partial charge in [0.05, 0.1) is 30.7 Å². The Balaban J connectivity index is 1.90. The number of carbonyl (C=O) groups is 1. The lowest BCUT2D eigenvalue weighted by molar-refractivity contribution is -0.118. The van der Waals surface area contributed by atoms with Gasteiger partial charge in [-0.05, 0) is 19.4 Å². The van der Waals surface area contributed by atoms with Crippen LogP contribution in [0.5, 0.6) is 0 Å². The van der Waals surface area contributed by atoms with Crippen molar-refractivity contribution in [3.05, 3.63) is 18.1 Å². The number of amides is 1. The van der Waals surface area contributed by atoms with Gasteiger partial charge in [-0.1, -0.05) is 0 Å². The topological polar surface area (TPSA) is 78.9 Å². The van der Waals surface area contributed by atoms with E-state index < -0.39 is 0 Å². The summed E-state index contributed by atoms with van der Waals surface area (Å²) in [7, 11) is 1.60. The summed E-state index contributed by atoms with van der Waals surface area (Å²) in [6, 6.07) is 0.329. The van der Waals surface area contributed by atoms with Crippen LogP contribution in [0.2, 0.25) is 0 Å². The number of hydrogen-bond donors (Lipinski definition) is 3. The quantitative estimate of drug-likeness (QED) is 0.687. The largest absolute Gasteiger partial charge is 0.360 e. The third-order valence-corrected chi connectivity index (χ3v) is 2.80. The lowest BCUT2D eigenvalue weighted by atomic mass is 10.2. The van der Waals surface area contributed by atoms with Gasteiger partial charge < -0.3 is 16.0 Å². The Morgan fingerprint density at radius 3 is 3.00 bits per heavy atom. The van der Waals surface area contributed by atoms with E-state index in [4.69, 9.17) is 0 Å². The summed E-state index contributed by atoms with van der Waals surface area (Å²) in [5, 5.41) is 8.80. The van der Waals surface area contributed by atoms with Crippen molar-refractivity contribution < 1.29 is 4.79 Å². The Hall–Kier alpha value is -1.69. The average molecular weight is 235 g/mol. The van der Waals surface area contributed by atoms with E-state index in [9.17, 15) is 4.79 Å². The molecule has 1 aliphatic heterocycles. The van der Waals surface area contributed by atoms with Crippen LogP contribution < -0.4 is 16.0 Å². The Bertz CT molecular complexity index is 372. The summed E-state index contributed by atoms with van der Waals surface area (Å²) in [4.78, 5) is 19.6. The second-order valence-electron chi connectivity index (χ2n) is 4.00. The Morgan fingerprint density at radius 2 is 2.41 bits per heavy atom. The first kappa shape index (κ1) is 11.8. The summed E-state index contributed by atoms with van der Waals surface area (Å²) >= 11 is 0. The summed E-state index contributed by atoms with van der Waals surface area (Å²) < 4.78 is 0. The number of rotatable bonds is 4. The molecule has 3 N–H and O–H groups in total. The van der Waals surface area contributed by atoms with Crippen LogP contribution in [0.1, 0.15) is 24.6 Å². The van der Waals surface area contributed by atoms with Crippen LogP contribution in [0.3, 0.4) is 0 Å². The van der Waals surface area contributed by atoms with Gasteiger partial charge in [0, 0.05) is 7.05 Å². The first-order valence-corrected chi connectivity index (χ1v) is 5.79. The zero-order valence-corrected chi connectivity index (χ0v) is 9.86. The lowest BCUT2D eigenvalue weighted by Gasteiger charge is -2.09. The smallest absolute Gasteiger partial charge is 0.239 e. The molecule has 2 heterocycles. The SMILES string of the molecule is CNC(=O)CNc1cnc(C2CCCN2)cn1. The highest BCUT2D eigenvalue weighted by Crippen LogP contribution is 2.20. The van der Waals surface area contributed by atoms with E-state index in [1.54, 1.807) is 19.4 Å². The van der Waals surface area contributed by atoms with Crippen LogP contribution in [0.25, 0.3) is 0 Å². The molecule has 0 radical (unpaired) electrons. The van der Waals surface area contributed by atoms with E-state index in [1.807, 2.05) is 0 Å².